The summed E-state index contributed by atoms with van der Waals surface area (Å²) < 4.78 is 23.8. The van der Waals surface area contributed by atoms with Crippen LogP contribution in [0.3, 0.4) is 0 Å². The van der Waals surface area contributed by atoms with Crippen LogP contribution in [0, 0.1) is 17.1 Å². The number of allylic oxidation sites excluding steroid dienone is 1. The van der Waals surface area contributed by atoms with Gasteiger partial charge in [0.2, 0.25) is 11.8 Å². The number of H-pyrrole nitrogens is 1. The van der Waals surface area contributed by atoms with E-state index in [9.17, 15) is 9.65 Å². The summed E-state index contributed by atoms with van der Waals surface area (Å²) in [6, 6.07) is 9.82. The molecule has 1 aliphatic rings. The number of aromatic amines is 1. The van der Waals surface area contributed by atoms with Gasteiger partial charge in [0.1, 0.15) is 17.5 Å². The van der Waals surface area contributed by atoms with Gasteiger partial charge in [0.25, 0.3) is 0 Å². The number of nitrogens with zero attached hydrogens (tertiary/aromatic N) is 2. The van der Waals surface area contributed by atoms with Gasteiger partial charge in [-0.05, 0) is 30.3 Å². The average Bonchev–Trinajstić information content (AvgIpc) is 3.24. The maximum atomic E-state index is 13.2. The van der Waals surface area contributed by atoms with Crippen molar-refractivity contribution in [3.8, 4) is 23.2 Å². The molecule has 0 spiro atoms. The normalized spacial score (nSPS) is 16.4. The summed E-state index contributed by atoms with van der Waals surface area (Å²) in [5, 5.41) is 16.5. The fraction of sp³-hybridized carbons (Fsp3) is 0.0588. The van der Waals surface area contributed by atoms with Gasteiger partial charge in [0, 0.05) is 11.1 Å². The topological polar surface area (TPSA) is 101 Å². The van der Waals surface area contributed by atoms with Crippen LogP contribution in [0.25, 0.3) is 11.3 Å². The molecule has 24 heavy (non-hydrogen) atoms. The summed E-state index contributed by atoms with van der Waals surface area (Å²) in [6.45, 7) is 0. The summed E-state index contributed by atoms with van der Waals surface area (Å²) in [7, 11) is 0. The van der Waals surface area contributed by atoms with Crippen molar-refractivity contribution in [2.75, 3.05) is 0 Å². The predicted octanol–water partition coefficient (Wildman–Crippen LogP) is 3.03. The average molecular weight is 322 g/mol. The lowest BCUT2D eigenvalue weighted by molar-refractivity contribution is 0.378. The maximum Gasteiger partial charge on any atom is 0.244 e. The molecule has 3 aromatic rings. The standard InChI is InChI=1S/C17H11FN4O2/c18-11-3-1-9(2-4-11)15-14-13(10-5-6-23-8-10)12(7-19)16(20)24-17(14)22-21-15/h1-6,8,13H,20H2,(H,21,22)/t13-/m0/s1. The molecule has 0 saturated carbocycles. The van der Waals surface area contributed by atoms with Crippen molar-refractivity contribution in [3.05, 3.63) is 71.3 Å². The zero-order valence-electron chi connectivity index (χ0n) is 12.3. The SMILES string of the molecule is N#CC1=C(N)Oc2n[nH]c(-c3ccc(F)cc3)c2[C@H]1c1ccoc1. The van der Waals surface area contributed by atoms with Crippen LogP contribution >= 0.6 is 0 Å². The molecular weight excluding hydrogens is 311 g/mol. The highest BCUT2D eigenvalue weighted by Gasteiger charge is 2.36. The van der Waals surface area contributed by atoms with Gasteiger partial charge in [-0.2, -0.15) is 5.26 Å². The molecule has 0 aliphatic carbocycles. The minimum absolute atomic E-state index is 0.00774. The van der Waals surface area contributed by atoms with E-state index in [1.54, 1.807) is 24.5 Å². The Morgan fingerprint density at radius 3 is 2.71 bits per heavy atom. The van der Waals surface area contributed by atoms with E-state index in [1.807, 2.05) is 0 Å². The van der Waals surface area contributed by atoms with Crippen molar-refractivity contribution in [2.24, 2.45) is 5.73 Å². The predicted molar refractivity (Wildman–Crippen MR) is 82.0 cm³/mol. The quantitative estimate of drug-likeness (QED) is 0.755. The number of nitriles is 1. The number of aromatic nitrogens is 2. The Morgan fingerprint density at radius 1 is 1.25 bits per heavy atom. The Kier molecular flexibility index (Phi) is 3.10. The third-order valence-corrected chi connectivity index (χ3v) is 3.95. The highest BCUT2D eigenvalue weighted by atomic mass is 19.1. The summed E-state index contributed by atoms with van der Waals surface area (Å²) in [4.78, 5) is 0. The van der Waals surface area contributed by atoms with Crippen LogP contribution in [0.5, 0.6) is 5.88 Å². The van der Waals surface area contributed by atoms with E-state index < -0.39 is 5.92 Å². The largest absolute Gasteiger partial charge is 0.472 e. The molecule has 0 unspecified atom stereocenters. The van der Waals surface area contributed by atoms with E-state index in [0.29, 0.717) is 11.3 Å². The first-order chi connectivity index (χ1) is 11.7. The highest BCUT2D eigenvalue weighted by molar-refractivity contribution is 5.70. The second kappa shape index (κ2) is 5.28. The van der Waals surface area contributed by atoms with E-state index in [0.717, 1.165) is 11.1 Å². The molecule has 3 heterocycles. The van der Waals surface area contributed by atoms with Gasteiger partial charge >= 0.3 is 0 Å². The van der Waals surface area contributed by atoms with E-state index in [2.05, 4.69) is 16.3 Å². The van der Waals surface area contributed by atoms with Crippen LogP contribution < -0.4 is 10.5 Å². The van der Waals surface area contributed by atoms with Gasteiger partial charge < -0.3 is 14.9 Å². The molecule has 0 amide bonds. The number of ether oxygens (including phenoxy) is 1. The molecule has 1 aliphatic heterocycles. The number of benzene rings is 1. The van der Waals surface area contributed by atoms with Crippen LogP contribution in [0.15, 0.2) is 58.7 Å². The van der Waals surface area contributed by atoms with Gasteiger partial charge in [-0.25, -0.2) is 4.39 Å². The van der Waals surface area contributed by atoms with E-state index in [1.165, 1.54) is 18.4 Å². The van der Waals surface area contributed by atoms with Crippen molar-refractivity contribution in [1.29, 1.82) is 5.26 Å². The first kappa shape index (κ1) is 14.1. The van der Waals surface area contributed by atoms with Crippen LogP contribution in [-0.2, 0) is 0 Å². The second-order valence-electron chi connectivity index (χ2n) is 5.31. The minimum atomic E-state index is -0.476. The summed E-state index contributed by atoms with van der Waals surface area (Å²) in [6.07, 6.45) is 3.07. The molecule has 0 radical (unpaired) electrons. The summed E-state index contributed by atoms with van der Waals surface area (Å²) >= 11 is 0. The van der Waals surface area contributed by atoms with Crippen LogP contribution in [-0.4, -0.2) is 10.2 Å². The lowest BCUT2D eigenvalue weighted by Crippen LogP contribution is -2.20. The molecule has 7 heteroatoms. The smallest absolute Gasteiger partial charge is 0.244 e. The fourth-order valence-corrected chi connectivity index (χ4v) is 2.85. The number of hydrogen-bond donors (Lipinski definition) is 2. The third kappa shape index (κ3) is 2.05. The van der Waals surface area contributed by atoms with E-state index >= 15 is 0 Å². The number of nitrogens with one attached hydrogen (secondary N) is 1. The lowest BCUT2D eigenvalue weighted by atomic mass is 9.84. The number of rotatable bonds is 2. The van der Waals surface area contributed by atoms with Crippen molar-refractivity contribution in [2.45, 2.75) is 5.92 Å². The van der Waals surface area contributed by atoms with E-state index in [4.69, 9.17) is 14.9 Å². The summed E-state index contributed by atoms with van der Waals surface area (Å²) in [5.74, 6) is -0.515. The Bertz CT molecular complexity index is 965. The molecule has 0 saturated heterocycles. The zero-order chi connectivity index (χ0) is 16.7. The third-order valence-electron chi connectivity index (χ3n) is 3.95. The van der Waals surface area contributed by atoms with Crippen LogP contribution in [0.1, 0.15) is 17.0 Å². The Hall–Kier alpha value is -3.53. The van der Waals surface area contributed by atoms with E-state index in [-0.39, 0.29) is 23.2 Å². The minimum Gasteiger partial charge on any atom is -0.472 e. The number of fused-ring (bicyclic) bond motifs is 1. The molecule has 2 aromatic heterocycles. The van der Waals surface area contributed by atoms with Crippen molar-refractivity contribution < 1.29 is 13.5 Å². The first-order valence-electron chi connectivity index (χ1n) is 7.13. The van der Waals surface area contributed by atoms with Crippen molar-refractivity contribution in [1.82, 2.24) is 10.2 Å². The molecule has 0 bridgehead atoms. The number of furan rings is 1. The van der Waals surface area contributed by atoms with Gasteiger partial charge in [-0.3, -0.25) is 5.10 Å². The van der Waals surface area contributed by atoms with Gasteiger partial charge in [0.05, 0.1) is 29.7 Å². The maximum absolute atomic E-state index is 13.2. The first-order valence-corrected chi connectivity index (χ1v) is 7.13. The molecule has 118 valence electrons. The summed E-state index contributed by atoms with van der Waals surface area (Å²) in [5.41, 5.74) is 8.91. The molecule has 6 nitrogen and oxygen atoms in total. The monoisotopic (exact) mass is 322 g/mol. The van der Waals surface area contributed by atoms with Crippen molar-refractivity contribution >= 4 is 0 Å². The lowest BCUT2D eigenvalue weighted by Gasteiger charge is -2.22. The second-order valence-corrected chi connectivity index (χ2v) is 5.31. The number of nitrogens with two attached hydrogens (primary N) is 1. The molecule has 1 aromatic carbocycles. The highest BCUT2D eigenvalue weighted by Crippen LogP contribution is 2.45. The van der Waals surface area contributed by atoms with Gasteiger partial charge in [-0.1, -0.05) is 0 Å². The van der Waals surface area contributed by atoms with Gasteiger partial charge in [-0.15, -0.1) is 5.10 Å². The number of halogens is 1. The van der Waals surface area contributed by atoms with Crippen LogP contribution in [0.2, 0.25) is 0 Å². The molecule has 3 N–H and O–H groups in total. The van der Waals surface area contributed by atoms with Gasteiger partial charge in [0.15, 0.2) is 0 Å². The Balaban J connectivity index is 1.94. The fourth-order valence-electron chi connectivity index (χ4n) is 2.85. The molecule has 1 atom stereocenters. The number of hydrogen-bond acceptors (Lipinski definition) is 5. The molecular formula is C17H11FN4O2. The van der Waals surface area contributed by atoms with Crippen molar-refractivity contribution in [3.63, 3.8) is 0 Å². The molecule has 4 rings (SSSR count). The zero-order valence-corrected chi connectivity index (χ0v) is 12.3. The van der Waals surface area contributed by atoms with Crippen LogP contribution in [0.4, 0.5) is 4.39 Å². The Labute approximate surface area is 136 Å². The Morgan fingerprint density at radius 2 is 2.04 bits per heavy atom. The molecule has 0 fully saturated rings.